The lowest BCUT2D eigenvalue weighted by Crippen LogP contribution is -2.59. The Labute approximate surface area is 275 Å². The zero-order valence-corrected chi connectivity index (χ0v) is 26.3. The number of fused-ring (bicyclic) bond motifs is 4. The van der Waals surface area contributed by atoms with E-state index in [0.29, 0.717) is 48.0 Å². The molecule has 2 N–H and O–H groups in total. The number of hydrogen-bond acceptors (Lipinski definition) is 11. The molecule has 3 unspecified atom stereocenters. The summed E-state index contributed by atoms with van der Waals surface area (Å²) in [7, 11) is 1.75. The van der Waals surface area contributed by atoms with Crippen LogP contribution in [0.4, 0.5) is 10.2 Å². The number of aromatic nitrogens is 4. The molecule has 4 aliphatic rings. The molecule has 1 saturated carbocycles. The summed E-state index contributed by atoms with van der Waals surface area (Å²) < 4.78 is 35.1. The highest BCUT2D eigenvalue weighted by atomic mass is 19.1. The lowest BCUT2D eigenvalue weighted by Gasteiger charge is -2.40. The molecule has 8 rings (SSSR count). The van der Waals surface area contributed by atoms with Gasteiger partial charge < -0.3 is 34.4 Å². The number of carbonyl (C=O) groups excluding carboxylic acids is 2. The number of hydrogen-bond donors (Lipinski definition) is 2. The lowest BCUT2D eigenvalue weighted by atomic mass is 9.93. The number of nitrogens with one attached hydrogen (secondary N) is 1. The number of likely N-dealkylation sites (tertiary alicyclic amines) is 1. The third-order valence-electron chi connectivity index (χ3n) is 10.1. The zero-order valence-electron chi connectivity index (χ0n) is 26.3. The summed E-state index contributed by atoms with van der Waals surface area (Å²) in [4.78, 5) is 42.0. The van der Waals surface area contributed by atoms with Gasteiger partial charge in [0, 0.05) is 43.5 Å². The quantitative estimate of drug-likeness (QED) is 0.201. The van der Waals surface area contributed by atoms with Crippen LogP contribution in [-0.4, -0.2) is 86.5 Å². The van der Waals surface area contributed by atoms with Crippen LogP contribution < -0.4 is 19.7 Å². The first kappa shape index (κ1) is 30.2. The van der Waals surface area contributed by atoms with Gasteiger partial charge in [0.15, 0.2) is 17.7 Å². The van der Waals surface area contributed by atoms with E-state index in [1.54, 1.807) is 11.9 Å². The van der Waals surface area contributed by atoms with Crippen LogP contribution in [0.3, 0.4) is 0 Å². The van der Waals surface area contributed by atoms with E-state index in [2.05, 4.69) is 11.2 Å². The van der Waals surface area contributed by atoms with Crippen LogP contribution >= 0.6 is 0 Å². The minimum Gasteiger partial charge on any atom is -0.508 e. The first-order chi connectivity index (χ1) is 23.3. The first-order valence-electron chi connectivity index (χ1n) is 16.2. The Hall–Kier alpha value is -5.16. The molecule has 13 nitrogen and oxygen atoms in total. The number of carbonyl (C=O) groups is 2. The Morgan fingerprint density at radius 3 is 2.75 bits per heavy atom. The van der Waals surface area contributed by atoms with Crippen LogP contribution in [0, 0.1) is 18.2 Å². The molecule has 248 valence electrons. The summed E-state index contributed by atoms with van der Waals surface area (Å²) in [6.45, 7) is 1.15. The monoisotopic (exact) mass is 655 g/mol. The summed E-state index contributed by atoms with van der Waals surface area (Å²) in [6, 6.07) is 5.79. The molecule has 2 aromatic carbocycles. The van der Waals surface area contributed by atoms with Crippen molar-refractivity contribution in [3.8, 4) is 35.9 Å². The van der Waals surface area contributed by atoms with Gasteiger partial charge in [0.1, 0.15) is 29.4 Å². The molecule has 0 radical (unpaired) electrons. The second-order valence-corrected chi connectivity index (χ2v) is 12.9. The lowest BCUT2D eigenvalue weighted by molar-refractivity contribution is -0.135. The number of halogens is 1. The van der Waals surface area contributed by atoms with Crippen molar-refractivity contribution in [3.63, 3.8) is 0 Å². The topological polar surface area (TPSA) is 144 Å². The van der Waals surface area contributed by atoms with Gasteiger partial charge in [-0.25, -0.2) is 4.39 Å². The zero-order chi connectivity index (χ0) is 33.1. The van der Waals surface area contributed by atoms with Crippen molar-refractivity contribution in [1.29, 1.82) is 0 Å². The fourth-order valence-corrected chi connectivity index (χ4v) is 7.41. The van der Waals surface area contributed by atoms with Gasteiger partial charge in [0.2, 0.25) is 5.91 Å². The van der Waals surface area contributed by atoms with Crippen molar-refractivity contribution in [2.45, 2.75) is 75.3 Å². The van der Waals surface area contributed by atoms with Crippen LogP contribution in [0.15, 0.2) is 24.3 Å². The van der Waals surface area contributed by atoms with E-state index >= 15 is 0 Å². The third kappa shape index (κ3) is 5.00. The molecule has 3 saturated heterocycles. The summed E-state index contributed by atoms with van der Waals surface area (Å²) in [6.07, 6.45) is 10.6. The minimum atomic E-state index is -0.643. The third-order valence-corrected chi connectivity index (χ3v) is 10.1. The highest BCUT2D eigenvalue weighted by molar-refractivity contribution is 5.95. The summed E-state index contributed by atoms with van der Waals surface area (Å²) in [5, 5.41) is 15.0. The number of ether oxygens (including phenoxy) is 3. The van der Waals surface area contributed by atoms with E-state index in [9.17, 15) is 19.1 Å². The molecule has 2 bridgehead atoms. The normalized spacial score (nSPS) is 23.8. The number of rotatable bonds is 9. The fraction of sp³-hybridized carbons (Fsp3) is 0.441. The molecule has 1 aliphatic carbocycles. The fourth-order valence-electron chi connectivity index (χ4n) is 7.41. The summed E-state index contributed by atoms with van der Waals surface area (Å²) in [5.41, 5.74) is 0.866. The Kier molecular flexibility index (Phi) is 7.43. The molecule has 14 heteroatoms. The van der Waals surface area contributed by atoms with Gasteiger partial charge >= 0.3 is 12.0 Å². The molecule has 4 aromatic rings. The van der Waals surface area contributed by atoms with Gasteiger partial charge in [-0.1, -0.05) is 12.0 Å². The Morgan fingerprint density at radius 1 is 1.17 bits per heavy atom. The molecular weight excluding hydrogens is 621 g/mol. The van der Waals surface area contributed by atoms with Crippen molar-refractivity contribution in [2.75, 3.05) is 25.1 Å². The van der Waals surface area contributed by atoms with Crippen molar-refractivity contribution in [2.24, 2.45) is 0 Å². The number of likely N-dealkylation sites (N-methyl/N-ethyl adjacent to an activating group) is 1. The molecular formula is C34H34FN7O6. The molecule has 0 spiro atoms. The van der Waals surface area contributed by atoms with Crippen LogP contribution in [0.5, 0.6) is 23.5 Å². The number of terminal acetylenes is 1. The molecule has 5 heterocycles. The van der Waals surface area contributed by atoms with Crippen molar-refractivity contribution < 1.29 is 33.3 Å². The van der Waals surface area contributed by atoms with Crippen molar-refractivity contribution in [3.05, 3.63) is 35.6 Å². The SMILES string of the molecule is C#Cc1c(F)ccc2cc(O)cc(Oc3nc4nc(OC[C@@H]5CCC(=O)N5C)nc(N5CC6CCC(N6)C5OC=O)c4n3C3CCC3)c12. The molecule has 3 aliphatic heterocycles. The van der Waals surface area contributed by atoms with Gasteiger partial charge in [-0.15, -0.1) is 6.42 Å². The van der Waals surface area contributed by atoms with Crippen molar-refractivity contribution >= 4 is 40.1 Å². The highest BCUT2D eigenvalue weighted by Crippen LogP contribution is 2.45. The van der Waals surface area contributed by atoms with Crippen LogP contribution in [0.1, 0.15) is 56.6 Å². The number of phenols is 1. The summed E-state index contributed by atoms with van der Waals surface area (Å²) in [5.74, 6) is 2.41. The molecule has 2 aromatic heterocycles. The van der Waals surface area contributed by atoms with E-state index < -0.39 is 12.0 Å². The van der Waals surface area contributed by atoms with Gasteiger partial charge in [-0.3, -0.25) is 14.2 Å². The van der Waals surface area contributed by atoms with Gasteiger partial charge in [0.25, 0.3) is 6.47 Å². The van der Waals surface area contributed by atoms with Crippen LogP contribution in [0.25, 0.3) is 21.9 Å². The number of amides is 1. The highest BCUT2D eigenvalue weighted by Gasteiger charge is 2.44. The maximum Gasteiger partial charge on any atom is 0.320 e. The predicted molar refractivity (Wildman–Crippen MR) is 171 cm³/mol. The van der Waals surface area contributed by atoms with Gasteiger partial charge in [0.05, 0.1) is 17.6 Å². The second kappa shape index (κ2) is 11.8. The second-order valence-electron chi connectivity index (χ2n) is 12.9. The largest absolute Gasteiger partial charge is 0.508 e. The Morgan fingerprint density at radius 2 is 2.02 bits per heavy atom. The maximum atomic E-state index is 14.9. The number of imidazole rings is 1. The van der Waals surface area contributed by atoms with E-state index in [0.717, 1.165) is 32.1 Å². The van der Waals surface area contributed by atoms with E-state index in [4.69, 9.17) is 35.6 Å². The first-order valence-corrected chi connectivity index (χ1v) is 16.2. The molecule has 4 fully saturated rings. The smallest absolute Gasteiger partial charge is 0.320 e. The van der Waals surface area contributed by atoms with E-state index in [1.165, 1.54) is 24.3 Å². The molecule has 1 amide bonds. The number of phenolic OH excluding ortho intramolecular Hbond substituents is 1. The maximum absolute atomic E-state index is 14.9. The number of anilines is 1. The number of piperazine rings is 1. The average Bonchev–Trinajstić information content (AvgIpc) is 3.71. The average molecular weight is 656 g/mol. The number of nitrogens with zero attached hydrogens (tertiary/aromatic N) is 6. The molecule has 48 heavy (non-hydrogen) atoms. The molecule has 4 atom stereocenters. The van der Waals surface area contributed by atoms with Crippen LogP contribution in [-0.2, 0) is 14.3 Å². The minimum absolute atomic E-state index is 0.00507. The summed E-state index contributed by atoms with van der Waals surface area (Å²) >= 11 is 0. The Bertz CT molecular complexity index is 1990. The van der Waals surface area contributed by atoms with Crippen molar-refractivity contribution in [1.82, 2.24) is 29.7 Å². The van der Waals surface area contributed by atoms with E-state index in [1.807, 2.05) is 9.47 Å². The van der Waals surface area contributed by atoms with E-state index in [-0.39, 0.29) is 71.4 Å². The van der Waals surface area contributed by atoms with Gasteiger partial charge in [-0.2, -0.15) is 15.0 Å². The standard InChI is InChI=1S/C34H34FN7O6/c1-3-23-24(35)10-7-18-13-22(44)14-26(28(18)23)48-34-38-30-29(42(34)20-5-4-6-20)31(41-15-19-8-11-25(36-19)32(41)47-17-43)39-33(37-30)46-16-21-9-12-27(45)40(21)2/h1,7,10,13-14,17,19-21,25,32,36,44H,4-6,8-9,11-12,15-16H2,2H3/t19?,21-,25?,32?/m0/s1. The Balaban J connectivity index is 1.29. The predicted octanol–water partition coefficient (Wildman–Crippen LogP) is 3.76. The number of aromatic hydroxyl groups is 1. The number of benzene rings is 2. The van der Waals surface area contributed by atoms with Gasteiger partial charge in [-0.05, 0) is 56.0 Å². The van der Waals surface area contributed by atoms with Crippen LogP contribution in [0.2, 0.25) is 0 Å².